The van der Waals surface area contributed by atoms with E-state index in [1.54, 1.807) is 0 Å². The van der Waals surface area contributed by atoms with Crippen LogP contribution in [-0.2, 0) is 26.2 Å². The van der Waals surface area contributed by atoms with Gasteiger partial charge in [-0.1, -0.05) is 13.8 Å². The molecule has 0 unspecified atom stereocenters. The Morgan fingerprint density at radius 3 is 1.86 bits per heavy atom. The van der Waals surface area contributed by atoms with E-state index in [0.717, 1.165) is 19.5 Å². The number of halogens is 2. The predicted octanol–water partition coefficient (Wildman–Crippen LogP) is 2.86. The van der Waals surface area contributed by atoms with Gasteiger partial charge in [0.05, 0.1) is 0 Å². The average Bonchev–Trinajstić information content (AvgIpc) is 2.60. The molecule has 0 saturated carbocycles. The summed E-state index contributed by atoms with van der Waals surface area (Å²) in [6.07, 6.45) is 10.0. The van der Waals surface area contributed by atoms with Crippen molar-refractivity contribution in [3.63, 3.8) is 0 Å². The number of hydrogen-bond donors (Lipinski definition) is 1. The Labute approximate surface area is 118 Å². The second-order valence-electron chi connectivity index (χ2n) is 2.14. The maximum absolute atomic E-state index is 8.50. The van der Waals surface area contributed by atoms with Crippen molar-refractivity contribution >= 4 is 24.8 Å². The Balaban J connectivity index is -0.0000000590. The molecular formula is C9H18Cl2NOZr-. The first-order chi connectivity index (χ1) is 5.31. The summed E-state index contributed by atoms with van der Waals surface area (Å²) < 4.78 is 0. The molecule has 0 aliphatic heterocycles. The van der Waals surface area contributed by atoms with Gasteiger partial charge in [-0.15, -0.1) is 31.2 Å². The van der Waals surface area contributed by atoms with Crippen molar-refractivity contribution in [1.82, 2.24) is 5.06 Å². The predicted molar refractivity (Wildman–Crippen MR) is 60.8 cm³/mol. The molecule has 1 rings (SSSR count). The summed E-state index contributed by atoms with van der Waals surface area (Å²) in [5.74, 6) is 0. The molecule has 0 saturated heterocycles. The Morgan fingerprint density at radius 1 is 1.29 bits per heavy atom. The minimum Gasteiger partial charge on any atom is -0.314 e. The number of hydroxylamine groups is 2. The molecule has 0 spiro atoms. The molecule has 0 atom stereocenters. The molecule has 0 aromatic carbocycles. The quantitative estimate of drug-likeness (QED) is 0.625. The normalized spacial score (nSPS) is 10.6. The SMILES string of the molecule is CCN(O)CC.Cl.Cl.[C-]1=CC=CC1.[Zr]. The van der Waals surface area contributed by atoms with Crippen LogP contribution in [0, 0.1) is 6.08 Å². The van der Waals surface area contributed by atoms with Gasteiger partial charge in [-0.2, -0.15) is 11.1 Å². The Morgan fingerprint density at radius 2 is 1.79 bits per heavy atom. The zero-order chi connectivity index (χ0) is 8.53. The van der Waals surface area contributed by atoms with E-state index < -0.39 is 0 Å². The summed E-state index contributed by atoms with van der Waals surface area (Å²) in [7, 11) is 0. The second-order valence-corrected chi connectivity index (χ2v) is 2.14. The standard InChI is InChI=1S/C5H5.C4H11NO.2ClH.Zr/c1-2-4-5-3-1;1-3-5(6)4-2;;;/h1-3H,4H2;6H,3-4H2,1-2H3;2*1H;/q-1;;;;. The van der Waals surface area contributed by atoms with Crippen molar-refractivity contribution in [3.05, 3.63) is 24.3 Å². The van der Waals surface area contributed by atoms with Gasteiger partial charge in [-0.25, -0.2) is 12.2 Å². The van der Waals surface area contributed by atoms with Crippen molar-refractivity contribution in [1.29, 1.82) is 0 Å². The molecule has 0 aromatic rings. The maximum Gasteiger partial charge on any atom is 0.0209 e. The zero-order valence-electron chi connectivity index (χ0n) is 8.56. The Hall–Kier alpha value is 0.863. The van der Waals surface area contributed by atoms with Crippen molar-refractivity contribution in [2.45, 2.75) is 20.3 Å². The molecule has 0 aromatic heterocycles. The van der Waals surface area contributed by atoms with Crippen molar-refractivity contribution in [2.75, 3.05) is 13.1 Å². The topological polar surface area (TPSA) is 23.5 Å². The molecule has 1 aliphatic rings. The Bertz CT molecular complexity index is 129. The van der Waals surface area contributed by atoms with E-state index in [2.05, 4.69) is 12.2 Å². The maximum atomic E-state index is 8.50. The van der Waals surface area contributed by atoms with Crippen LogP contribution in [0.25, 0.3) is 0 Å². The van der Waals surface area contributed by atoms with Gasteiger partial charge in [0.1, 0.15) is 0 Å². The third-order valence-electron chi connectivity index (χ3n) is 1.32. The molecule has 1 N–H and O–H groups in total. The first-order valence-electron chi connectivity index (χ1n) is 3.96. The largest absolute Gasteiger partial charge is 0.314 e. The number of allylic oxidation sites excluding steroid dienone is 4. The third kappa shape index (κ3) is 18.6. The van der Waals surface area contributed by atoms with E-state index in [4.69, 9.17) is 5.21 Å². The van der Waals surface area contributed by atoms with Crippen LogP contribution >= 0.6 is 24.8 Å². The van der Waals surface area contributed by atoms with Crippen molar-refractivity contribution < 1.29 is 31.4 Å². The molecule has 0 heterocycles. The van der Waals surface area contributed by atoms with Crippen LogP contribution in [0.3, 0.4) is 0 Å². The third-order valence-corrected chi connectivity index (χ3v) is 1.32. The first-order valence-corrected chi connectivity index (χ1v) is 3.96. The smallest absolute Gasteiger partial charge is 0.0209 e. The van der Waals surface area contributed by atoms with Gasteiger partial charge >= 0.3 is 0 Å². The Kier molecular flexibility index (Phi) is 33.6. The van der Waals surface area contributed by atoms with Crippen molar-refractivity contribution in [3.8, 4) is 0 Å². The van der Waals surface area contributed by atoms with E-state index in [1.165, 1.54) is 5.06 Å². The van der Waals surface area contributed by atoms with Crippen LogP contribution in [-0.4, -0.2) is 23.4 Å². The summed E-state index contributed by atoms with van der Waals surface area (Å²) in [5, 5.41) is 9.75. The van der Waals surface area contributed by atoms with Crippen LogP contribution in [0.2, 0.25) is 0 Å². The molecule has 5 heteroatoms. The summed E-state index contributed by atoms with van der Waals surface area (Å²) in [6.45, 7) is 5.25. The summed E-state index contributed by atoms with van der Waals surface area (Å²) in [6, 6.07) is 0. The fourth-order valence-electron chi connectivity index (χ4n) is 0.564. The van der Waals surface area contributed by atoms with Crippen LogP contribution in [0.5, 0.6) is 0 Å². The summed E-state index contributed by atoms with van der Waals surface area (Å²) in [4.78, 5) is 0. The van der Waals surface area contributed by atoms with E-state index in [0.29, 0.717) is 0 Å². The monoisotopic (exact) mass is 316 g/mol. The van der Waals surface area contributed by atoms with E-state index in [-0.39, 0.29) is 51.0 Å². The van der Waals surface area contributed by atoms with Gasteiger partial charge < -0.3 is 5.21 Å². The molecule has 1 aliphatic carbocycles. The van der Waals surface area contributed by atoms with Gasteiger partial charge in [0, 0.05) is 39.3 Å². The second kappa shape index (κ2) is 19.4. The van der Waals surface area contributed by atoms with Crippen LogP contribution in [0.15, 0.2) is 18.2 Å². The molecular weight excluding hydrogens is 300 g/mol. The van der Waals surface area contributed by atoms with E-state index in [1.807, 2.05) is 26.0 Å². The summed E-state index contributed by atoms with van der Waals surface area (Å²) in [5.41, 5.74) is 0. The van der Waals surface area contributed by atoms with E-state index >= 15 is 0 Å². The fourth-order valence-corrected chi connectivity index (χ4v) is 0.564. The molecule has 84 valence electrons. The molecule has 0 bridgehead atoms. The minimum atomic E-state index is 0. The first kappa shape index (κ1) is 24.2. The minimum absolute atomic E-state index is 0. The molecule has 0 radical (unpaired) electrons. The summed E-state index contributed by atoms with van der Waals surface area (Å²) >= 11 is 0. The fraction of sp³-hybridized carbons (Fsp3) is 0.556. The number of hydrogen-bond acceptors (Lipinski definition) is 2. The van der Waals surface area contributed by atoms with Crippen LogP contribution in [0.4, 0.5) is 0 Å². The zero-order valence-corrected chi connectivity index (χ0v) is 12.7. The number of rotatable bonds is 2. The molecule has 0 amide bonds. The van der Waals surface area contributed by atoms with Crippen LogP contribution in [0.1, 0.15) is 20.3 Å². The number of nitrogens with zero attached hydrogens (tertiary/aromatic N) is 1. The average molecular weight is 318 g/mol. The van der Waals surface area contributed by atoms with Gasteiger partial charge in [0.2, 0.25) is 0 Å². The van der Waals surface area contributed by atoms with Crippen LogP contribution < -0.4 is 0 Å². The van der Waals surface area contributed by atoms with Gasteiger partial charge in [0.15, 0.2) is 0 Å². The van der Waals surface area contributed by atoms with E-state index in [9.17, 15) is 0 Å². The van der Waals surface area contributed by atoms with Gasteiger partial charge in [0.25, 0.3) is 0 Å². The molecule has 14 heavy (non-hydrogen) atoms. The molecule has 2 nitrogen and oxygen atoms in total. The van der Waals surface area contributed by atoms with Gasteiger partial charge in [-0.05, 0) is 0 Å². The van der Waals surface area contributed by atoms with Crippen molar-refractivity contribution in [2.24, 2.45) is 0 Å². The van der Waals surface area contributed by atoms with Gasteiger partial charge in [-0.3, -0.25) is 6.08 Å². The molecule has 0 fully saturated rings.